The predicted molar refractivity (Wildman–Crippen MR) is 73.5 cm³/mol. The van der Waals surface area contributed by atoms with Crippen molar-refractivity contribution in [3.63, 3.8) is 0 Å². The van der Waals surface area contributed by atoms with Crippen LogP contribution in [0.3, 0.4) is 0 Å². The minimum absolute atomic E-state index is 0.138. The highest BCUT2D eigenvalue weighted by Gasteiger charge is 2.32. The van der Waals surface area contributed by atoms with E-state index in [9.17, 15) is 9.90 Å². The number of hydrogen-bond acceptors (Lipinski definition) is 6. The molecule has 5 nitrogen and oxygen atoms in total. The van der Waals surface area contributed by atoms with Crippen LogP contribution in [0.25, 0.3) is 0 Å². The molecule has 0 aliphatic heterocycles. The van der Waals surface area contributed by atoms with E-state index in [4.69, 9.17) is 0 Å². The van der Waals surface area contributed by atoms with Gasteiger partial charge in [-0.15, -0.1) is 10.2 Å². The molecule has 1 heterocycles. The van der Waals surface area contributed by atoms with E-state index in [1.807, 2.05) is 19.0 Å². The molecular formula is C11H17N3O2S2. The third-order valence-corrected chi connectivity index (χ3v) is 5.62. The minimum atomic E-state index is -0.676. The molecule has 2 atom stereocenters. The molecule has 1 aromatic heterocycles. The first-order valence-corrected chi connectivity index (χ1v) is 7.68. The summed E-state index contributed by atoms with van der Waals surface area (Å²) in [5.74, 6) is -0.917. The van der Waals surface area contributed by atoms with Crippen molar-refractivity contribution in [2.45, 2.75) is 35.3 Å². The number of carboxylic acids is 1. The standard InChI is InChI=1S/C11H17N3O2S2/c1-14(2)10-12-13-11(18-10)17-8-6-4-3-5-7(8)9(15)16/h7-8H,3-6H2,1-2H3,(H,15,16). The first-order valence-electron chi connectivity index (χ1n) is 5.98. The van der Waals surface area contributed by atoms with Crippen molar-refractivity contribution in [2.24, 2.45) is 5.92 Å². The number of rotatable bonds is 4. The summed E-state index contributed by atoms with van der Waals surface area (Å²) in [4.78, 5) is 13.1. The van der Waals surface area contributed by atoms with Crippen LogP contribution in [0.1, 0.15) is 25.7 Å². The third kappa shape index (κ3) is 3.14. The van der Waals surface area contributed by atoms with Gasteiger partial charge in [0.2, 0.25) is 5.13 Å². The molecule has 0 saturated heterocycles. The molecule has 0 aromatic carbocycles. The van der Waals surface area contributed by atoms with Crippen molar-refractivity contribution in [1.29, 1.82) is 0 Å². The molecule has 2 unspecified atom stereocenters. The maximum Gasteiger partial charge on any atom is 0.307 e. The number of carbonyl (C=O) groups is 1. The van der Waals surface area contributed by atoms with Crippen LogP contribution in [0, 0.1) is 5.92 Å². The van der Waals surface area contributed by atoms with Crippen LogP contribution < -0.4 is 4.90 Å². The van der Waals surface area contributed by atoms with E-state index in [1.54, 1.807) is 11.8 Å². The number of aliphatic carboxylic acids is 1. The molecule has 1 N–H and O–H groups in total. The van der Waals surface area contributed by atoms with E-state index in [0.717, 1.165) is 35.2 Å². The van der Waals surface area contributed by atoms with Gasteiger partial charge in [-0.25, -0.2) is 0 Å². The monoisotopic (exact) mass is 287 g/mol. The topological polar surface area (TPSA) is 66.3 Å². The van der Waals surface area contributed by atoms with Crippen molar-refractivity contribution in [3.05, 3.63) is 0 Å². The zero-order chi connectivity index (χ0) is 13.1. The predicted octanol–water partition coefficient (Wildman–Crippen LogP) is 2.34. The van der Waals surface area contributed by atoms with E-state index in [2.05, 4.69) is 10.2 Å². The quantitative estimate of drug-likeness (QED) is 0.917. The maximum absolute atomic E-state index is 11.2. The highest BCUT2D eigenvalue weighted by molar-refractivity contribution is 8.01. The van der Waals surface area contributed by atoms with Crippen LogP contribution in [0.2, 0.25) is 0 Å². The average molecular weight is 287 g/mol. The lowest BCUT2D eigenvalue weighted by Gasteiger charge is -2.26. The van der Waals surface area contributed by atoms with Crippen molar-refractivity contribution in [2.75, 3.05) is 19.0 Å². The van der Waals surface area contributed by atoms with E-state index >= 15 is 0 Å². The van der Waals surface area contributed by atoms with Gasteiger partial charge in [0.25, 0.3) is 0 Å². The number of hydrogen-bond donors (Lipinski definition) is 1. The lowest BCUT2D eigenvalue weighted by Crippen LogP contribution is -2.28. The molecule has 0 amide bonds. The second-order valence-corrected chi connectivity index (χ2v) is 7.07. The molecule has 0 radical (unpaired) electrons. The molecule has 0 bridgehead atoms. The summed E-state index contributed by atoms with van der Waals surface area (Å²) in [5.41, 5.74) is 0. The van der Waals surface area contributed by atoms with Crippen molar-refractivity contribution in [1.82, 2.24) is 10.2 Å². The summed E-state index contributed by atoms with van der Waals surface area (Å²) < 4.78 is 0.872. The summed E-state index contributed by atoms with van der Waals surface area (Å²) >= 11 is 3.10. The van der Waals surface area contributed by atoms with Crippen molar-refractivity contribution in [3.8, 4) is 0 Å². The van der Waals surface area contributed by atoms with Crippen LogP contribution >= 0.6 is 23.1 Å². The van der Waals surface area contributed by atoms with Crippen LogP contribution in [0.5, 0.6) is 0 Å². The highest BCUT2D eigenvalue weighted by Crippen LogP contribution is 2.39. The lowest BCUT2D eigenvalue weighted by molar-refractivity contribution is -0.142. The second kappa shape index (κ2) is 5.88. The molecule has 1 aliphatic carbocycles. The van der Waals surface area contributed by atoms with E-state index in [0.29, 0.717) is 0 Å². The Hall–Kier alpha value is -0.820. The van der Waals surface area contributed by atoms with Gasteiger partial charge in [0.05, 0.1) is 5.92 Å². The zero-order valence-corrected chi connectivity index (χ0v) is 12.1. The van der Waals surface area contributed by atoms with Gasteiger partial charge >= 0.3 is 5.97 Å². The average Bonchev–Trinajstić information content (AvgIpc) is 2.78. The molecular weight excluding hydrogens is 270 g/mol. The first-order chi connectivity index (χ1) is 8.58. The Bertz CT molecular complexity index is 422. The van der Waals surface area contributed by atoms with Gasteiger partial charge < -0.3 is 10.0 Å². The maximum atomic E-state index is 11.2. The van der Waals surface area contributed by atoms with Crippen molar-refractivity contribution >= 4 is 34.2 Å². The molecule has 2 rings (SSSR count). The van der Waals surface area contributed by atoms with Gasteiger partial charge in [0.1, 0.15) is 0 Å². The molecule has 100 valence electrons. The molecule has 1 fully saturated rings. The van der Waals surface area contributed by atoms with Crippen molar-refractivity contribution < 1.29 is 9.90 Å². The summed E-state index contributed by atoms with van der Waals surface area (Å²) in [6, 6.07) is 0. The Morgan fingerprint density at radius 1 is 1.39 bits per heavy atom. The van der Waals surface area contributed by atoms with Crippen LogP contribution in [0.4, 0.5) is 5.13 Å². The summed E-state index contributed by atoms with van der Waals surface area (Å²) in [6.07, 6.45) is 3.87. The lowest BCUT2D eigenvalue weighted by atomic mass is 9.89. The normalized spacial score (nSPS) is 23.9. The van der Waals surface area contributed by atoms with Gasteiger partial charge in [-0.05, 0) is 12.8 Å². The molecule has 1 aromatic rings. The first kappa shape index (κ1) is 13.6. The second-order valence-electron chi connectivity index (χ2n) is 4.63. The Balaban J connectivity index is 2.03. The van der Waals surface area contributed by atoms with Crippen LogP contribution in [0.15, 0.2) is 4.34 Å². The number of carboxylic acid groups (broad SMARTS) is 1. The van der Waals surface area contributed by atoms with Gasteiger partial charge in [0, 0.05) is 19.3 Å². The highest BCUT2D eigenvalue weighted by atomic mass is 32.2. The Morgan fingerprint density at radius 2 is 2.11 bits per heavy atom. The fourth-order valence-electron chi connectivity index (χ4n) is 2.08. The minimum Gasteiger partial charge on any atom is -0.481 e. The van der Waals surface area contributed by atoms with Crippen LogP contribution in [-0.4, -0.2) is 40.6 Å². The zero-order valence-electron chi connectivity index (χ0n) is 10.5. The molecule has 7 heteroatoms. The summed E-state index contributed by atoms with van der Waals surface area (Å²) in [6.45, 7) is 0. The molecule has 18 heavy (non-hydrogen) atoms. The van der Waals surface area contributed by atoms with E-state index in [1.165, 1.54) is 11.3 Å². The van der Waals surface area contributed by atoms with Gasteiger partial charge in [-0.3, -0.25) is 4.79 Å². The van der Waals surface area contributed by atoms with E-state index < -0.39 is 5.97 Å². The number of anilines is 1. The van der Waals surface area contributed by atoms with Crippen LogP contribution in [-0.2, 0) is 4.79 Å². The number of aromatic nitrogens is 2. The fraction of sp³-hybridized carbons (Fsp3) is 0.727. The molecule has 0 spiro atoms. The molecule has 1 saturated carbocycles. The largest absolute Gasteiger partial charge is 0.481 e. The Labute approximate surface area is 115 Å². The Kier molecular flexibility index (Phi) is 4.45. The SMILES string of the molecule is CN(C)c1nnc(SC2CCCCC2C(=O)O)s1. The molecule has 1 aliphatic rings. The van der Waals surface area contributed by atoms with Gasteiger partial charge in [-0.1, -0.05) is 35.9 Å². The smallest absolute Gasteiger partial charge is 0.307 e. The van der Waals surface area contributed by atoms with Gasteiger partial charge in [-0.2, -0.15) is 0 Å². The van der Waals surface area contributed by atoms with E-state index in [-0.39, 0.29) is 11.2 Å². The fourth-order valence-corrected chi connectivity index (χ4v) is 4.42. The summed E-state index contributed by atoms with van der Waals surface area (Å²) in [5, 5.41) is 18.4. The number of thioether (sulfide) groups is 1. The number of nitrogens with zero attached hydrogens (tertiary/aromatic N) is 3. The summed E-state index contributed by atoms with van der Waals surface area (Å²) in [7, 11) is 3.85. The Morgan fingerprint density at radius 3 is 2.72 bits per heavy atom. The third-order valence-electron chi connectivity index (χ3n) is 3.05. The van der Waals surface area contributed by atoms with Gasteiger partial charge in [0.15, 0.2) is 4.34 Å².